The number of anilines is 1. The molecule has 0 aliphatic rings. The van der Waals surface area contributed by atoms with Crippen LogP contribution in [-0.2, 0) is 24.4 Å². The van der Waals surface area contributed by atoms with E-state index in [1.165, 1.54) is 27.5 Å². The van der Waals surface area contributed by atoms with Crippen molar-refractivity contribution in [1.82, 2.24) is 14.8 Å². The molecule has 31 heavy (non-hydrogen) atoms. The van der Waals surface area contributed by atoms with E-state index in [-0.39, 0.29) is 28.4 Å². The smallest absolute Gasteiger partial charge is 0.302 e. The second-order valence-electron chi connectivity index (χ2n) is 6.77. The van der Waals surface area contributed by atoms with Gasteiger partial charge in [-0.1, -0.05) is 0 Å². The second-order valence-corrected chi connectivity index (χ2v) is 8.85. The first kappa shape index (κ1) is 21.2. The zero-order valence-corrected chi connectivity index (χ0v) is 17.7. The van der Waals surface area contributed by atoms with E-state index in [0.717, 1.165) is 22.3 Å². The third kappa shape index (κ3) is 4.00. The molecule has 0 bridgehead atoms. The van der Waals surface area contributed by atoms with Gasteiger partial charge in [0.25, 0.3) is 5.56 Å². The van der Waals surface area contributed by atoms with Crippen LogP contribution in [0.25, 0.3) is 21.5 Å². The number of aryl methyl sites for hydroxylation is 2. The highest BCUT2D eigenvalue weighted by Gasteiger charge is 2.34. The van der Waals surface area contributed by atoms with E-state index in [4.69, 9.17) is 0 Å². The number of alkyl halides is 3. The summed E-state index contributed by atoms with van der Waals surface area (Å²) in [6.45, 7) is 1.81. The Morgan fingerprint density at radius 3 is 2.77 bits per heavy atom. The van der Waals surface area contributed by atoms with Crippen molar-refractivity contribution in [1.29, 1.82) is 0 Å². The fourth-order valence-corrected chi connectivity index (χ4v) is 4.99. The molecular formula is C19H14F4N4O2S2. The number of aromatic nitrogens is 3. The van der Waals surface area contributed by atoms with Crippen LogP contribution < -0.4 is 10.9 Å². The van der Waals surface area contributed by atoms with Gasteiger partial charge in [-0.25, -0.2) is 9.37 Å². The van der Waals surface area contributed by atoms with Gasteiger partial charge in [-0.3, -0.25) is 19.4 Å². The molecule has 4 rings (SSSR count). The Labute approximate surface area is 180 Å². The molecule has 0 saturated heterocycles. The molecule has 0 saturated carbocycles. The van der Waals surface area contributed by atoms with Crippen LogP contribution in [0.2, 0.25) is 0 Å². The van der Waals surface area contributed by atoms with Crippen LogP contribution in [0.5, 0.6) is 0 Å². The number of H-pyrrole nitrogens is 1. The summed E-state index contributed by atoms with van der Waals surface area (Å²) < 4.78 is 53.6. The van der Waals surface area contributed by atoms with Crippen LogP contribution in [0, 0.1) is 12.7 Å². The number of hydrogen-bond donors (Lipinski definition) is 2. The number of amides is 1. The number of thiophene rings is 1. The number of hydrogen-bond acceptors (Lipinski definition) is 5. The van der Waals surface area contributed by atoms with Crippen LogP contribution in [0.3, 0.4) is 0 Å². The number of nitrogens with one attached hydrogen (secondary N) is 2. The predicted octanol–water partition coefficient (Wildman–Crippen LogP) is 4.70. The lowest BCUT2D eigenvalue weighted by Crippen LogP contribution is -2.17. The molecule has 0 fully saturated rings. The molecule has 1 amide bonds. The monoisotopic (exact) mass is 470 g/mol. The Morgan fingerprint density at radius 1 is 1.32 bits per heavy atom. The summed E-state index contributed by atoms with van der Waals surface area (Å²) in [7, 11) is 1.59. The van der Waals surface area contributed by atoms with E-state index >= 15 is 0 Å². The minimum atomic E-state index is -4.83. The van der Waals surface area contributed by atoms with Crippen LogP contribution in [0.15, 0.2) is 28.4 Å². The number of thiazole rings is 1. The lowest BCUT2D eigenvalue weighted by Gasteiger charge is -2.09. The van der Waals surface area contributed by atoms with Crippen molar-refractivity contribution < 1.29 is 22.4 Å². The van der Waals surface area contributed by atoms with Gasteiger partial charge in [0.05, 0.1) is 23.1 Å². The average Bonchev–Trinajstić information content (AvgIpc) is 3.32. The van der Waals surface area contributed by atoms with Gasteiger partial charge in [0.2, 0.25) is 5.91 Å². The number of halogens is 4. The summed E-state index contributed by atoms with van der Waals surface area (Å²) in [6, 6.07) is 2.61. The first-order valence-corrected chi connectivity index (χ1v) is 10.5. The first-order valence-electron chi connectivity index (χ1n) is 8.84. The normalized spacial score (nSPS) is 11.9. The number of fused-ring (bicyclic) bond motifs is 1. The lowest BCUT2D eigenvalue weighted by molar-refractivity contribution is -0.140. The van der Waals surface area contributed by atoms with Crippen molar-refractivity contribution >= 4 is 43.9 Å². The van der Waals surface area contributed by atoms with E-state index in [0.29, 0.717) is 21.8 Å². The highest BCUT2D eigenvalue weighted by molar-refractivity contribution is 7.18. The molecule has 0 aliphatic carbocycles. The number of nitrogens with zero attached hydrogens (tertiary/aromatic N) is 2. The highest BCUT2D eigenvalue weighted by atomic mass is 32.1. The molecule has 2 N–H and O–H groups in total. The molecule has 0 spiro atoms. The number of benzene rings is 1. The van der Waals surface area contributed by atoms with Gasteiger partial charge >= 0.3 is 6.18 Å². The zero-order valence-electron chi connectivity index (χ0n) is 16.1. The van der Waals surface area contributed by atoms with Crippen molar-refractivity contribution in [3.8, 4) is 11.3 Å². The molecule has 6 nitrogen and oxygen atoms in total. The highest BCUT2D eigenvalue weighted by Crippen LogP contribution is 2.35. The molecule has 3 heterocycles. The van der Waals surface area contributed by atoms with Gasteiger partial charge in [0.15, 0.2) is 5.13 Å². The van der Waals surface area contributed by atoms with Gasteiger partial charge < -0.3 is 5.32 Å². The Bertz CT molecular complexity index is 1360. The van der Waals surface area contributed by atoms with Crippen LogP contribution in [0.4, 0.5) is 22.7 Å². The van der Waals surface area contributed by atoms with Gasteiger partial charge in [0.1, 0.15) is 10.6 Å². The molecule has 4 aromatic rings. The molecular weight excluding hydrogens is 456 g/mol. The summed E-state index contributed by atoms with van der Waals surface area (Å²) in [4.78, 5) is 30.4. The standard InChI is InChI=1S/C19H14F4N4O2S2/c1-8-10(15-16(31-8)26-27(2)17(15)29)6-14(28)25-18-24-13(7-30-18)9-3-4-12(20)11(5-9)19(21,22)23/h3-5,7,26H,6H2,1-2H3,(H,24,25,28). The lowest BCUT2D eigenvalue weighted by atomic mass is 10.1. The van der Waals surface area contributed by atoms with Crippen molar-refractivity contribution in [2.45, 2.75) is 19.5 Å². The number of rotatable bonds is 4. The van der Waals surface area contributed by atoms with Crippen LogP contribution >= 0.6 is 22.7 Å². The maximum Gasteiger partial charge on any atom is 0.419 e. The fraction of sp³-hybridized carbons (Fsp3) is 0.211. The summed E-state index contributed by atoms with van der Waals surface area (Å²) in [5.41, 5.74) is -0.732. The van der Waals surface area contributed by atoms with Gasteiger partial charge in [0, 0.05) is 22.9 Å². The molecule has 12 heteroatoms. The maximum atomic E-state index is 13.5. The Morgan fingerprint density at radius 2 is 2.06 bits per heavy atom. The third-order valence-electron chi connectivity index (χ3n) is 4.65. The van der Waals surface area contributed by atoms with Crippen LogP contribution in [0.1, 0.15) is 16.0 Å². The van der Waals surface area contributed by atoms with E-state index in [1.807, 2.05) is 6.92 Å². The molecule has 0 atom stereocenters. The van der Waals surface area contributed by atoms with Crippen molar-refractivity contribution in [3.05, 3.63) is 55.8 Å². The number of carbonyl (C=O) groups is 1. The minimum Gasteiger partial charge on any atom is -0.302 e. The van der Waals surface area contributed by atoms with Gasteiger partial charge in [-0.2, -0.15) is 13.2 Å². The quantitative estimate of drug-likeness (QED) is 0.425. The third-order valence-corrected chi connectivity index (χ3v) is 6.46. The largest absolute Gasteiger partial charge is 0.419 e. The van der Waals surface area contributed by atoms with Crippen molar-refractivity contribution in [2.24, 2.45) is 7.05 Å². The Kier molecular flexibility index (Phi) is 5.21. The summed E-state index contributed by atoms with van der Waals surface area (Å²) in [5, 5.41) is 7.65. The number of carbonyl (C=O) groups excluding carboxylic acids is 1. The first-order chi connectivity index (χ1) is 14.5. The van der Waals surface area contributed by atoms with E-state index in [2.05, 4.69) is 15.4 Å². The molecule has 3 aromatic heterocycles. The van der Waals surface area contributed by atoms with E-state index in [1.54, 1.807) is 7.05 Å². The Balaban J connectivity index is 1.54. The molecule has 162 valence electrons. The molecule has 0 radical (unpaired) electrons. The predicted molar refractivity (Wildman–Crippen MR) is 111 cm³/mol. The average molecular weight is 470 g/mol. The second kappa shape index (κ2) is 7.61. The van der Waals surface area contributed by atoms with Crippen molar-refractivity contribution in [2.75, 3.05) is 5.32 Å². The van der Waals surface area contributed by atoms with E-state index in [9.17, 15) is 27.2 Å². The molecule has 0 unspecified atom stereocenters. The Hall–Kier alpha value is -2.99. The summed E-state index contributed by atoms with van der Waals surface area (Å²) in [6.07, 6.45) is -4.88. The SMILES string of the molecule is Cc1sc2[nH]n(C)c(=O)c2c1CC(=O)Nc1nc(-c2ccc(F)c(C(F)(F)F)c2)cs1. The van der Waals surface area contributed by atoms with Gasteiger partial charge in [-0.15, -0.1) is 22.7 Å². The van der Waals surface area contributed by atoms with Crippen LogP contribution in [-0.4, -0.2) is 20.7 Å². The van der Waals surface area contributed by atoms with Gasteiger partial charge in [-0.05, 0) is 30.7 Å². The minimum absolute atomic E-state index is 0.0530. The number of aromatic amines is 1. The summed E-state index contributed by atoms with van der Waals surface area (Å²) in [5.74, 6) is -1.78. The fourth-order valence-electron chi connectivity index (χ4n) is 3.16. The maximum absolute atomic E-state index is 13.5. The molecule has 1 aromatic carbocycles. The zero-order chi connectivity index (χ0) is 22.5. The topological polar surface area (TPSA) is 79.8 Å². The molecule has 0 aliphatic heterocycles. The summed E-state index contributed by atoms with van der Waals surface area (Å²) >= 11 is 2.41. The van der Waals surface area contributed by atoms with Crippen molar-refractivity contribution in [3.63, 3.8) is 0 Å². The van der Waals surface area contributed by atoms with E-state index < -0.39 is 23.5 Å².